The van der Waals surface area contributed by atoms with Crippen molar-refractivity contribution in [1.29, 1.82) is 0 Å². The Labute approximate surface area is 133 Å². The lowest BCUT2D eigenvalue weighted by Crippen LogP contribution is -2.37. The fraction of sp³-hybridized carbons (Fsp3) is 0.250. The number of nitrogens with one attached hydrogen (secondary N) is 2. The number of aromatic nitrogens is 2. The first-order valence-electron chi connectivity index (χ1n) is 7.35. The van der Waals surface area contributed by atoms with E-state index in [-0.39, 0.29) is 18.5 Å². The number of carbonyl (C=O) groups is 2. The van der Waals surface area contributed by atoms with Crippen LogP contribution in [-0.4, -0.2) is 46.4 Å². The van der Waals surface area contributed by atoms with Crippen molar-refractivity contribution in [3.63, 3.8) is 0 Å². The molecule has 0 bridgehead atoms. The first kappa shape index (κ1) is 15.0. The van der Waals surface area contributed by atoms with Gasteiger partial charge in [-0.1, -0.05) is 12.1 Å². The average molecular weight is 311 g/mol. The van der Waals surface area contributed by atoms with Gasteiger partial charge in [-0.15, -0.1) is 0 Å². The van der Waals surface area contributed by atoms with Crippen molar-refractivity contribution >= 4 is 17.6 Å². The molecule has 1 aromatic carbocycles. The lowest BCUT2D eigenvalue weighted by atomic mass is 10.1. The molecular formula is C16H17N5O2. The number of nitrogens with zero attached hydrogens (tertiary/aromatic N) is 3. The van der Waals surface area contributed by atoms with Crippen LogP contribution >= 0.6 is 0 Å². The molecule has 3 amide bonds. The number of rotatable bonds is 4. The van der Waals surface area contributed by atoms with E-state index in [1.54, 1.807) is 6.20 Å². The van der Waals surface area contributed by atoms with Crippen molar-refractivity contribution in [2.45, 2.75) is 6.92 Å². The molecule has 0 spiro atoms. The molecule has 0 saturated carbocycles. The Kier molecular flexibility index (Phi) is 4.18. The van der Waals surface area contributed by atoms with Crippen molar-refractivity contribution in [3.05, 3.63) is 42.4 Å². The van der Waals surface area contributed by atoms with Crippen molar-refractivity contribution in [3.8, 4) is 11.3 Å². The van der Waals surface area contributed by atoms with Gasteiger partial charge in [0.2, 0.25) is 5.91 Å². The molecule has 1 aliphatic heterocycles. The molecule has 2 aromatic rings. The standard InChI is InChI=1S/C16H17N5O2/c1-11-17-6-5-14(20-11)12-3-2-4-13(9-12)19-10-15(22)21-8-7-18-16(21)23/h2-6,9,19H,7-8,10H2,1H3,(H,18,23). The van der Waals surface area contributed by atoms with Gasteiger partial charge >= 0.3 is 6.03 Å². The van der Waals surface area contributed by atoms with Crippen molar-refractivity contribution < 1.29 is 9.59 Å². The molecule has 0 atom stereocenters. The number of amides is 3. The zero-order valence-corrected chi connectivity index (χ0v) is 12.7. The second-order valence-electron chi connectivity index (χ2n) is 5.20. The molecule has 7 heteroatoms. The highest BCUT2D eigenvalue weighted by atomic mass is 16.2. The zero-order valence-electron chi connectivity index (χ0n) is 12.7. The molecule has 1 saturated heterocycles. The summed E-state index contributed by atoms with van der Waals surface area (Å²) >= 11 is 0. The monoisotopic (exact) mass is 311 g/mol. The predicted octanol–water partition coefficient (Wildman–Crippen LogP) is 1.42. The fourth-order valence-electron chi connectivity index (χ4n) is 2.39. The maximum absolute atomic E-state index is 12.0. The summed E-state index contributed by atoms with van der Waals surface area (Å²) in [5.74, 6) is 0.458. The summed E-state index contributed by atoms with van der Waals surface area (Å²) < 4.78 is 0. The Hall–Kier alpha value is -2.96. The Balaban J connectivity index is 1.68. The molecule has 0 aliphatic carbocycles. The maximum Gasteiger partial charge on any atom is 0.324 e. The molecule has 3 rings (SSSR count). The number of hydrogen-bond donors (Lipinski definition) is 2. The molecule has 1 aromatic heterocycles. The summed E-state index contributed by atoms with van der Waals surface area (Å²) in [6.07, 6.45) is 1.72. The van der Waals surface area contributed by atoms with Gasteiger partial charge in [0.15, 0.2) is 0 Å². The average Bonchev–Trinajstić information content (AvgIpc) is 2.99. The number of carbonyl (C=O) groups excluding carboxylic acids is 2. The van der Waals surface area contributed by atoms with Crippen LogP contribution < -0.4 is 10.6 Å². The predicted molar refractivity (Wildman–Crippen MR) is 85.8 cm³/mol. The van der Waals surface area contributed by atoms with Gasteiger partial charge in [0, 0.05) is 30.5 Å². The highest BCUT2D eigenvalue weighted by Crippen LogP contribution is 2.20. The molecule has 118 valence electrons. The number of hydrogen-bond acceptors (Lipinski definition) is 5. The second kappa shape index (κ2) is 6.43. The van der Waals surface area contributed by atoms with Crippen molar-refractivity contribution in [2.24, 2.45) is 0 Å². The summed E-state index contributed by atoms with van der Waals surface area (Å²) in [7, 11) is 0. The Morgan fingerprint density at radius 3 is 3.00 bits per heavy atom. The summed E-state index contributed by atoms with van der Waals surface area (Å²) in [6.45, 7) is 2.83. The third kappa shape index (κ3) is 3.45. The molecular weight excluding hydrogens is 294 g/mol. The van der Waals surface area contributed by atoms with Gasteiger partial charge in [0.25, 0.3) is 0 Å². The van der Waals surface area contributed by atoms with Crippen LogP contribution in [-0.2, 0) is 4.79 Å². The molecule has 1 aliphatic rings. The van der Waals surface area contributed by atoms with Gasteiger partial charge in [-0.05, 0) is 25.1 Å². The van der Waals surface area contributed by atoms with E-state index in [1.165, 1.54) is 4.90 Å². The van der Waals surface area contributed by atoms with E-state index in [0.717, 1.165) is 16.9 Å². The number of urea groups is 1. The van der Waals surface area contributed by atoms with E-state index in [2.05, 4.69) is 20.6 Å². The van der Waals surface area contributed by atoms with E-state index in [0.29, 0.717) is 18.9 Å². The van der Waals surface area contributed by atoms with Gasteiger partial charge in [-0.2, -0.15) is 0 Å². The molecule has 23 heavy (non-hydrogen) atoms. The van der Waals surface area contributed by atoms with E-state index in [9.17, 15) is 9.59 Å². The minimum Gasteiger partial charge on any atom is -0.376 e. The van der Waals surface area contributed by atoms with E-state index >= 15 is 0 Å². The number of imide groups is 1. The minimum atomic E-state index is -0.331. The molecule has 0 radical (unpaired) electrons. The summed E-state index contributed by atoms with van der Waals surface area (Å²) in [6, 6.07) is 9.13. The Bertz CT molecular complexity index is 747. The van der Waals surface area contributed by atoms with Gasteiger partial charge in [-0.25, -0.2) is 14.8 Å². The van der Waals surface area contributed by atoms with Crippen LogP contribution in [0.3, 0.4) is 0 Å². The van der Waals surface area contributed by atoms with Crippen molar-refractivity contribution in [1.82, 2.24) is 20.2 Å². The Morgan fingerprint density at radius 2 is 2.26 bits per heavy atom. The lowest BCUT2D eigenvalue weighted by molar-refractivity contribution is -0.125. The van der Waals surface area contributed by atoms with Gasteiger partial charge in [-0.3, -0.25) is 9.69 Å². The number of aryl methyl sites for hydroxylation is 1. The van der Waals surface area contributed by atoms with Gasteiger partial charge in [0.05, 0.1) is 12.2 Å². The smallest absolute Gasteiger partial charge is 0.324 e. The lowest BCUT2D eigenvalue weighted by Gasteiger charge is -2.13. The largest absolute Gasteiger partial charge is 0.376 e. The second-order valence-corrected chi connectivity index (χ2v) is 5.20. The zero-order chi connectivity index (χ0) is 16.2. The van der Waals surface area contributed by atoms with E-state index in [4.69, 9.17) is 0 Å². The van der Waals surface area contributed by atoms with Crippen LogP contribution in [0.1, 0.15) is 5.82 Å². The third-order valence-corrected chi connectivity index (χ3v) is 3.54. The first-order chi connectivity index (χ1) is 11.1. The quantitative estimate of drug-likeness (QED) is 0.891. The molecule has 0 unspecified atom stereocenters. The molecule has 7 nitrogen and oxygen atoms in total. The van der Waals surface area contributed by atoms with Crippen LogP contribution in [0.2, 0.25) is 0 Å². The van der Waals surface area contributed by atoms with E-state index in [1.807, 2.05) is 37.3 Å². The maximum atomic E-state index is 12.0. The topological polar surface area (TPSA) is 87.2 Å². The summed E-state index contributed by atoms with van der Waals surface area (Å²) in [5.41, 5.74) is 2.56. The SMILES string of the molecule is Cc1nccc(-c2cccc(NCC(=O)N3CCNC3=O)c2)n1. The first-order valence-corrected chi connectivity index (χ1v) is 7.35. The number of anilines is 1. The van der Waals surface area contributed by atoms with Crippen LogP contribution in [0, 0.1) is 6.92 Å². The fourth-order valence-corrected chi connectivity index (χ4v) is 2.39. The highest BCUT2D eigenvalue weighted by Gasteiger charge is 2.25. The van der Waals surface area contributed by atoms with Gasteiger partial charge < -0.3 is 10.6 Å². The van der Waals surface area contributed by atoms with E-state index < -0.39 is 0 Å². The summed E-state index contributed by atoms with van der Waals surface area (Å²) in [5, 5.41) is 5.66. The van der Waals surface area contributed by atoms with Crippen LogP contribution in [0.15, 0.2) is 36.5 Å². The molecule has 2 heterocycles. The van der Waals surface area contributed by atoms with Crippen molar-refractivity contribution in [2.75, 3.05) is 25.0 Å². The van der Waals surface area contributed by atoms with Crippen LogP contribution in [0.4, 0.5) is 10.5 Å². The highest BCUT2D eigenvalue weighted by molar-refractivity contribution is 5.97. The normalized spacial score (nSPS) is 13.8. The van der Waals surface area contributed by atoms with Gasteiger partial charge in [0.1, 0.15) is 5.82 Å². The number of benzene rings is 1. The minimum absolute atomic E-state index is 0.0691. The summed E-state index contributed by atoms with van der Waals surface area (Å²) in [4.78, 5) is 33.1. The van der Waals surface area contributed by atoms with Crippen LogP contribution in [0.25, 0.3) is 11.3 Å². The molecule has 1 fully saturated rings. The Morgan fingerprint density at radius 1 is 1.39 bits per heavy atom. The third-order valence-electron chi connectivity index (χ3n) is 3.54. The molecule has 2 N–H and O–H groups in total. The van der Waals surface area contributed by atoms with Crippen LogP contribution in [0.5, 0.6) is 0 Å².